The maximum absolute atomic E-state index is 5.94. The van der Waals surface area contributed by atoms with Crippen molar-refractivity contribution in [3.05, 3.63) is 70.2 Å². The lowest BCUT2D eigenvalue weighted by atomic mass is 10.2. The van der Waals surface area contributed by atoms with Gasteiger partial charge in [-0.05, 0) is 24.6 Å². The van der Waals surface area contributed by atoms with Crippen molar-refractivity contribution >= 4 is 17.8 Å². The van der Waals surface area contributed by atoms with Crippen LogP contribution in [0.3, 0.4) is 0 Å². The molecule has 2 aromatic carbocycles. The van der Waals surface area contributed by atoms with E-state index in [1.54, 1.807) is 4.90 Å². The summed E-state index contributed by atoms with van der Waals surface area (Å²) in [5.41, 5.74) is 3.79. The lowest BCUT2D eigenvalue weighted by Gasteiger charge is -2.30. The number of hydrogen-bond acceptors (Lipinski definition) is 2. The Morgan fingerprint density at radius 3 is 2.57 bits per heavy atom. The SMILES string of the molecule is Cc1cccc(C=NN2CC[NH+](Cc3ccc(Cl)cc3)CC2)c1. The second-order valence-electron chi connectivity index (χ2n) is 6.17. The van der Waals surface area contributed by atoms with Gasteiger partial charge in [0.1, 0.15) is 6.54 Å². The van der Waals surface area contributed by atoms with Gasteiger partial charge in [-0.3, -0.25) is 5.01 Å². The highest BCUT2D eigenvalue weighted by molar-refractivity contribution is 6.30. The summed E-state index contributed by atoms with van der Waals surface area (Å²) in [5.74, 6) is 0. The normalized spacial score (nSPS) is 16.2. The smallest absolute Gasteiger partial charge is 0.103 e. The molecule has 1 saturated heterocycles. The Hall–Kier alpha value is -1.84. The van der Waals surface area contributed by atoms with Crippen molar-refractivity contribution in [2.24, 2.45) is 5.10 Å². The van der Waals surface area contributed by atoms with Gasteiger partial charge in [0.15, 0.2) is 0 Å². The van der Waals surface area contributed by atoms with Crippen molar-refractivity contribution in [1.29, 1.82) is 0 Å². The quantitative estimate of drug-likeness (QED) is 0.854. The molecule has 1 N–H and O–H groups in total. The van der Waals surface area contributed by atoms with Gasteiger partial charge in [0.05, 0.1) is 32.4 Å². The molecule has 1 fully saturated rings. The molecule has 120 valence electrons. The third-order valence-corrected chi connectivity index (χ3v) is 4.48. The zero-order valence-electron chi connectivity index (χ0n) is 13.5. The molecule has 0 bridgehead atoms. The molecule has 23 heavy (non-hydrogen) atoms. The maximum atomic E-state index is 5.94. The Labute approximate surface area is 143 Å². The molecule has 0 saturated carbocycles. The molecular weight excluding hydrogens is 306 g/mol. The molecule has 0 atom stereocenters. The Morgan fingerprint density at radius 2 is 1.87 bits per heavy atom. The third-order valence-electron chi connectivity index (χ3n) is 4.23. The largest absolute Gasteiger partial charge is 0.328 e. The van der Waals surface area contributed by atoms with Gasteiger partial charge in [-0.15, -0.1) is 0 Å². The molecule has 0 unspecified atom stereocenters. The van der Waals surface area contributed by atoms with Gasteiger partial charge in [-0.25, -0.2) is 0 Å². The number of aryl methyl sites for hydroxylation is 1. The van der Waals surface area contributed by atoms with E-state index in [4.69, 9.17) is 11.6 Å². The van der Waals surface area contributed by atoms with Crippen LogP contribution in [0.5, 0.6) is 0 Å². The van der Waals surface area contributed by atoms with E-state index in [1.807, 2.05) is 18.3 Å². The molecule has 1 aliphatic heterocycles. The lowest BCUT2D eigenvalue weighted by molar-refractivity contribution is -0.918. The first-order chi connectivity index (χ1) is 11.2. The van der Waals surface area contributed by atoms with Crippen LogP contribution < -0.4 is 4.90 Å². The van der Waals surface area contributed by atoms with Gasteiger partial charge in [0.25, 0.3) is 0 Å². The Bertz CT molecular complexity index is 659. The zero-order valence-corrected chi connectivity index (χ0v) is 14.3. The standard InChI is InChI=1S/C19H22ClN3/c1-16-3-2-4-18(13-16)14-21-23-11-9-22(10-12-23)15-17-5-7-19(20)8-6-17/h2-8,13-14H,9-12,15H2,1H3/p+1. The predicted octanol–water partition coefficient (Wildman–Crippen LogP) is 2.38. The molecule has 0 spiro atoms. The monoisotopic (exact) mass is 328 g/mol. The van der Waals surface area contributed by atoms with Gasteiger partial charge in [-0.1, -0.05) is 53.6 Å². The zero-order chi connectivity index (χ0) is 16.1. The fraction of sp³-hybridized carbons (Fsp3) is 0.316. The van der Waals surface area contributed by atoms with Crippen LogP contribution in [-0.2, 0) is 6.54 Å². The van der Waals surface area contributed by atoms with Gasteiger partial charge in [0, 0.05) is 10.6 Å². The molecule has 3 rings (SSSR count). The number of quaternary nitrogens is 1. The molecule has 3 nitrogen and oxygen atoms in total. The molecule has 1 heterocycles. The molecule has 4 heteroatoms. The predicted molar refractivity (Wildman–Crippen MR) is 96.2 cm³/mol. The first kappa shape index (κ1) is 16.0. The number of hydrazone groups is 1. The lowest BCUT2D eigenvalue weighted by Crippen LogP contribution is -3.13. The Kier molecular flexibility index (Phi) is 5.31. The summed E-state index contributed by atoms with van der Waals surface area (Å²) in [5, 5.41) is 7.60. The van der Waals surface area contributed by atoms with Crippen LogP contribution in [0.4, 0.5) is 0 Å². The van der Waals surface area contributed by atoms with Crippen LogP contribution in [0.1, 0.15) is 16.7 Å². The minimum atomic E-state index is 0.805. The summed E-state index contributed by atoms with van der Waals surface area (Å²) < 4.78 is 0. The second-order valence-corrected chi connectivity index (χ2v) is 6.60. The fourth-order valence-corrected chi connectivity index (χ4v) is 3.02. The van der Waals surface area contributed by atoms with Crippen molar-refractivity contribution in [1.82, 2.24) is 5.01 Å². The fourth-order valence-electron chi connectivity index (χ4n) is 2.89. The van der Waals surface area contributed by atoms with Crippen molar-refractivity contribution in [3.8, 4) is 0 Å². The van der Waals surface area contributed by atoms with E-state index in [0.717, 1.165) is 37.7 Å². The van der Waals surface area contributed by atoms with Gasteiger partial charge >= 0.3 is 0 Å². The van der Waals surface area contributed by atoms with Crippen molar-refractivity contribution < 1.29 is 4.90 Å². The van der Waals surface area contributed by atoms with Gasteiger partial charge < -0.3 is 4.90 Å². The third kappa shape index (κ3) is 4.81. The van der Waals surface area contributed by atoms with E-state index in [9.17, 15) is 0 Å². The minimum Gasteiger partial charge on any atom is -0.328 e. The first-order valence-corrected chi connectivity index (χ1v) is 8.50. The number of nitrogens with one attached hydrogen (secondary N) is 1. The topological polar surface area (TPSA) is 20.0 Å². The van der Waals surface area contributed by atoms with Gasteiger partial charge in [-0.2, -0.15) is 5.10 Å². The van der Waals surface area contributed by atoms with Crippen LogP contribution in [0.25, 0.3) is 0 Å². The Morgan fingerprint density at radius 1 is 1.13 bits per heavy atom. The molecular formula is C19H23ClN3+. The molecule has 0 radical (unpaired) electrons. The average Bonchev–Trinajstić information content (AvgIpc) is 2.56. The summed E-state index contributed by atoms with van der Waals surface area (Å²) >= 11 is 5.94. The summed E-state index contributed by atoms with van der Waals surface area (Å²) in [4.78, 5) is 1.61. The van der Waals surface area contributed by atoms with E-state index in [-0.39, 0.29) is 0 Å². The highest BCUT2D eigenvalue weighted by Gasteiger charge is 2.18. The highest BCUT2D eigenvalue weighted by Crippen LogP contribution is 2.08. The van der Waals surface area contributed by atoms with Crippen LogP contribution in [0.15, 0.2) is 53.6 Å². The number of halogens is 1. The number of benzene rings is 2. The second kappa shape index (κ2) is 7.62. The molecule has 1 aliphatic rings. The van der Waals surface area contributed by atoms with E-state index in [1.165, 1.54) is 16.7 Å². The molecule has 0 aliphatic carbocycles. The van der Waals surface area contributed by atoms with Crippen LogP contribution in [0, 0.1) is 6.92 Å². The van der Waals surface area contributed by atoms with Crippen LogP contribution >= 0.6 is 11.6 Å². The number of nitrogens with zero attached hydrogens (tertiary/aromatic N) is 2. The maximum Gasteiger partial charge on any atom is 0.103 e. The van der Waals surface area contributed by atoms with E-state index in [0.29, 0.717) is 0 Å². The molecule has 0 aromatic heterocycles. The van der Waals surface area contributed by atoms with Crippen molar-refractivity contribution in [2.45, 2.75) is 13.5 Å². The van der Waals surface area contributed by atoms with Crippen LogP contribution in [-0.4, -0.2) is 37.4 Å². The van der Waals surface area contributed by atoms with Crippen molar-refractivity contribution in [2.75, 3.05) is 26.2 Å². The summed E-state index contributed by atoms with van der Waals surface area (Å²) in [6.07, 6.45) is 1.97. The van der Waals surface area contributed by atoms with E-state index in [2.05, 4.69) is 53.4 Å². The van der Waals surface area contributed by atoms with E-state index < -0.39 is 0 Å². The van der Waals surface area contributed by atoms with Crippen LogP contribution in [0.2, 0.25) is 5.02 Å². The molecule has 2 aromatic rings. The Balaban J connectivity index is 1.49. The average molecular weight is 329 g/mol. The number of piperazine rings is 1. The number of rotatable bonds is 4. The summed E-state index contributed by atoms with van der Waals surface area (Å²) in [7, 11) is 0. The van der Waals surface area contributed by atoms with Gasteiger partial charge in [0.2, 0.25) is 0 Å². The summed E-state index contributed by atoms with van der Waals surface area (Å²) in [6, 6.07) is 16.6. The minimum absolute atomic E-state index is 0.805. The molecule has 0 amide bonds. The number of hydrogen-bond donors (Lipinski definition) is 1. The van der Waals surface area contributed by atoms with E-state index >= 15 is 0 Å². The first-order valence-electron chi connectivity index (χ1n) is 8.13. The summed E-state index contributed by atoms with van der Waals surface area (Å²) in [6.45, 7) is 7.42. The van der Waals surface area contributed by atoms with Crippen molar-refractivity contribution in [3.63, 3.8) is 0 Å². The highest BCUT2D eigenvalue weighted by atomic mass is 35.5.